The molecule has 4 bridgehead atoms. The molecule has 5 fully saturated rings. The van der Waals surface area contributed by atoms with Crippen LogP contribution >= 0.6 is 0 Å². The molecule has 0 aromatic carbocycles. The van der Waals surface area contributed by atoms with E-state index < -0.39 is 97.4 Å². The van der Waals surface area contributed by atoms with Gasteiger partial charge in [0, 0.05) is 25.2 Å². The van der Waals surface area contributed by atoms with Crippen LogP contribution in [-0.2, 0) is 28.5 Å². The van der Waals surface area contributed by atoms with E-state index >= 15 is 0 Å². The van der Waals surface area contributed by atoms with Crippen molar-refractivity contribution < 1.29 is 72.4 Å². The van der Waals surface area contributed by atoms with E-state index in [-0.39, 0.29) is 32.1 Å². The summed E-state index contributed by atoms with van der Waals surface area (Å²) in [6.45, 7) is -6.91. The SMILES string of the molecule is CC(F)(F)C(=O)OCC(F)(F)C(F)(F)COC(=O)C12CC3CC(C1)C1(OCCC(F)(F)C(F)(F)CO1)C(C3)C2. The van der Waals surface area contributed by atoms with E-state index in [4.69, 9.17) is 9.47 Å². The maximum atomic E-state index is 14.2. The van der Waals surface area contributed by atoms with Gasteiger partial charge in [-0.1, -0.05) is 0 Å². The van der Waals surface area contributed by atoms with Gasteiger partial charge in [0.15, 0.2) is 19.0 Å². The average Bonchev–Trinajstić information content (AvgIpc) is 2.80. The smallest absolute Gasteiger partial charge is 0.376 e. The maximum absolute atomic E-state index is 14.2. The Balaban J connectivity index is 1.43. The van der Waals surface area contributed by atoms with Crippen molar-refractivity contribution in [3.05, 3.63) is 0 Å². The number of halogens is 10. The number of hydrogen-bond acceptors (Lipinski definition) is 6. The molecule has 1 saturated heterocycles. The van der Waals surface area contributed by atoms with Crippen molar-refractivity contribution in [2.24, 2.45) is 23.2 Å². The predicted molar refractivity (Wildman–Crippen MR) is 108 cm³/mol. The van der Waals surface area contributed by atoms with Gasteiger partial charge in [-0.2, -0.15) is 43.9 Å². The first-order valence-corrected chi connectivity index (χ1v) is 12.2. The summed E-state index contributed by atoms with van der Waals surface area (Å²) in [6.07, 6.45) is -0.827. The monoisotopic (exact) mass is 588 g/mol. The lowest BCUT2D eigenvalue weighted by Crippen LogP contribution is -2.67. The van der Waals surface area contributed by atoms with Gasteiger partial charge in [0.25, 0.3) is 0 Å². The summed E-state index contributed by atoms with van der Waals surface area (Å²) >= 11 is 0. The Labute approximate surface area is 215 Å². The molecule has 1 aliphatic heterocycles. The van der Waals surface area contributed by atoms with Crippen LogP contribution < -0.4 is 0 Å². The van der Waals surface area contributed by atoms with Gasteiger partial charge in [-0.15, -0.1) is 0 Å². The molecule has 6 nitrogen and oxygen atoms in total. The van der Waals surface area contributed by atoms with Crippen molar-refractivity contribution in [1.82, 2.24) is 0 Å². The van der Waals surface area contributed by atoms with Crippen molar-refractivity contribution in [1.29, 1.82) is 0 Å². The number of rotatable bonds is 7. The minimum absolute atomic E-state index is 0.0243. The number of esters is 2. The summed E-state index contributed by atoms with van der Waals surface area (Å²) in [5, 5.41) is 0. The molecule has 4 aliphatic carbocycles. The topological polar surface area (TPSA) is 71.1 Å². The van der Waals surface area contributed by atoms with Crippen LogP contribution in [-0.4, -0.2) is 73.8 Å². The van der Waals surface area contributed by atoms with Gasteiger partial charge < -0.3 is 18.9 Å². The quantitative estimate of drug-likeness (QED) is 0.300. The van der Waals surface area contributed by atoms with Gasteiger partial charge in [-0.05, 0) is 38.0 Å². The number of ether oxygens (including phenoxy) is 4. The highest BCUT2D eigenvalue weighted by atomic mass is 19.3. The zero-order valence-corrected chi connectivity index (χ0v) is 20.5. The van der Waals surface area contributed by atoms with Gasteiger partial charge in [0.2, 0.25) is 0 Å². The predicted octanol–water partition coefficient (Wildman–Crippen LogP) is 5.23. The fraction of sp³-hybridized carbons (Fsp3) is 0.913. The van der Waals surface area contributed by atoms with E-state index in [1.54, 1.807) is 0 Å². The third-order valence-corrected chi connectivity index (χ3v) is 8.18. The van der Waals surface area contributed by atoms with Gasteiger partial charge in [-0.25, -0.2) is 4.79 Å². The molecule has 2 unspecified atom stereocenters. The van der Waals surface area contributed by atoms with Crippen molar-refractivity contribution in [3.8, 4) is 0 Å². The summed E-state index contributed by atoms with van der Waals surface area (Å²) in [5.41, 5.74) is -1.45. The van der Waals surface area contributed by atoms with E-state index in [9.17, 15) is 53.5 Å². The van der Waals surface area contributed by atoms with Gasteiger partial charge in [0.05, 0.1) is 12.0 Å². The van der Waals surface area contributed by atoms with Crippen LogP contribution in [0.15, 0.2) is 0 Å². The second kappa shape index (κ2) is 9.35. The highest BCUT2D eigenvalue weighted by molar-refractivity contribution is 5.78. The van der Waals surface area contributed by atoms with E-state index in [1.165, 1.54) is 0 Å². The van der Waals surface area contributed by atoms with Crippen molar-refractivity contribution in [2.45, 2.75) is 80.8 Å². The normalized spacial score (nSPS) is 35.8. The zero-order chi connectivity index (χ0) is 29.3. The largest absolute Gasteiger partial charge is 0.459 e. The van der Waals surface area contributed by atoms with Crippen LogP contribution in [0.25, 0.3) is 0 Å². The number of carbonyl (C=O) groups excluding carboxylic acids is 2. The third kappa shape index (κ3) is 5.19. The molecule has 4 saturated carbocycles. The Bertz CT molecular complexity index is 965. The second-order valence-corrected chi connectivity index (χ2v) is 11.1. The molecule has 1 spiro atoms. The fourth-order valence-corrected chi connectivity index (χ4v) is 6.32. The average molecular weight is 588 g/mol. The lowest BCUT2D eigenvalue weighted by Gasteiger charge is -2.63. The van der Waals surface area contributed by atoms with Crippen LogP contribution in [0.3, 0.4) is 0 Å². The van der Waals surface area contributed by atoms with Crippen molar-refractivity contribution in [2.75, 3.05) is 26.4 Å². The van der Waals surface area contributed by atoms with Crippen LogP contribution in [0.2, 0.25) is 0 Å². The first-order chi connectivity index (χ1) is 17.7. The Morgan fingerprint density at radius 2 is 1.36 bits per heavy atom. The summed E-state index contributed by atoms with van der Waals surface area (Å²) in [6, 6.07) is 0. The maximum Gasteiger partial charge on any atom is 0.376 e. The first-order valence-electron chi connectivity index (χ1n) is 12.2. The number of carbonyl (C=O) groups is 2. The summed E-state index contributed by atoms with van der Waals surface area (Å²) in [7, 11) is 0. The van der Waals surface area contributed by atoms with Gasteiger partial charge in [-0.3, -0.25) is 4.79 Å². The fourth-order valence-electron chi connectivity index (χ4n) is 6.32. The molecule has 224 valence electrons. The van der Waals surface area contributed by atoms with Crippen molar-refractivity contribution in [3.63, 3.8) is 0 Å². The summed E-state index contributed by atoms with van der Waals surface area (Å²) in [4.78, 5) is 23.9. The van der Waals surface area contributed by atoms with E-state index in [2.05, 4.69) is 9.47 Å². The van der Waals surface area contributed by atoms with E-state index in [0.717, 1.165) is 0 Å². The lowest BCUT2D eigenvalue weighted by molar-refractivity contribution is -0.385. The molecule has 39 heavy (non-hydrogen) atoms. The van der Waals surface area contributed by atoms with E-state index in [0.29, 0.717) is 12.8 Å². The van der Waals surface area contributed by atoms with Crippen LogP contribution in [0, 0.1) is 23.2 Å². The first kappa shape index (κ1) is 30.1. The Morgan fingerprint density at radius 3 is 1.90 bits per heavy atom. The van der Waals surface area contributed by atoms with Gasteiger partial charge in [0.1, 0.15) is 6.61 Å². The molecular formula is C23H26F10O6. The van der Waals surface area contributed by atoms with Crippen molar-refractivity contribution >= 4 is 11.9 Å². The molecule has 5 aliphatic rings. The molecule has 0 N–H and O–H groups in total. The zero-order valence-electron chi connectivity index (χ0n) is 20.5. The van der Waals surface area contributed by atoms with E-state index in [1.807, 2.05) is 0 Å². The molecule has 2 atom stereocenters. The standard InChI is InChI=1S/C23H26F10O6/c1-17(24,25)15(34)36-9-20(28,29)21(30,31)10-37-16(35)18-6-12-4-13(7-18)23(14(5-12)8-18)38-3-2-19(26,27)22(32,33)11-39-23/h12-14H,2-11H2,1H3. The molecule has 0 amide bonds. The third-order valence-electron chi connectivity index (χ3n) is 8.18. The van der Waals surface area contributed by atoms with Crippen LogP contribution in [0.1, 0.15) is 45.4 Å². The Hall–Kier alpha value is -1.84. The summed E-state index contributed by atoms with van der Waals surface area (Å²) < 4.78 is 157. The highest BCUT2D eigenvalue weighted by Crippen LogP contribution is 2.66. The van der Waals surface area contributed by atoms with Gasteiger partial charge >= 0.3 is 41.6 Å². The lowest BCUT2D eigenvalue weighted by atomic mass is 9.47. The molecular weight excluding hydrogens is 562 g/mol. The highest BCUT2D eigenvalue weighted by Gasteiger charge is 2.69. The minimum atomic E-state index is -5.16. The minimum Gasteiger partial charge on any atom is -0.459 e. The second-order valence-electron chi connectivity index (χ2n) is 11.1. The molecule has 5 rings (SSSR count). The summed E-state index contributed by atoms with van der Waals surface area (Å²) in [5.74, 6) is -30.4. The molecule has 16 heteroatoms. The molecule has 0 aromatic rings. The molecule has 1 heterocycles. The Morgan fingerprint density at radius 1 is 0.821 bits per heavy atom. The van der Waals surface area contributed by atoms with Crippen LogP contribution in [0.5, 0.6) is 0 Å². The number of alkyl halides is 10. The Kier molecular flexibility index (Phi) is 7.22. The van der Waals surface area contributed by atoms with Crippen LogP contribution in [0.4, 0.5) is 43.9 Å². The molecule has 0 aromatic heterocycles. The molecule has 0 radical (unpaired) electrons. The number of hydrogen-bond donors (Lipinski definition) is 0.